The first kappa shape index (κ1) is 17.5. The second kappa shape index (κ2) is 8.72. The number of carbonyl (C=O) groups excluding carboxylic acids is 2. The Kier molecular flexibility index (Phi) is 6.37. The Balaban J connectivity index is 1.74. The van der Waals surface area contributed by atoms with Crippen molar-refractivity contribution in [3.63, 3.8) is 0 Å². The number of aryl methyl sites for hydroxylation is 1. The summed E-state index contributed by atoms with van der Waals surface area (Å²) in [4.78, 5) is 23.0. The van der Waals surface area contributed by atoms with Crippen molar-refractivity contribution < 1.29 is 14.3 Å². The lowest BCUT2D eigenvalue weighted by molar-refractivity contribution is 0.101. The Morgan fingerprint density at radius 1 is 1.04 bits per heavy atom. The van der Waals surface area contributed by atoms with E-state index >= 15 is 0 Å². The molecule has 0 saturated carbocycles. The van der Waals surface area contributed by atoms with Gasteiger partial charge in [0, 0.05) is 11.3 Å². The van der Waals surface area contributed by atoms with Gasteiger partial charge in [-0.15, -0.1) is 0 Å². The lowest BCUT2D eigenvalue weighted by Gasteiger charge is -2.11. The molecule has 2 aromatic carbocycles. The fourth-order valence-corrected chi connectivity index (χ4v) is 2.23. The number of carbonyl (C=O) groups is 2. The van der Waals surface area contributed by atoms with Crippen LogP contribution in [0.2, 0.25) is 0 Å². The molecule has 0 fully saturated rings. The molecule has 2 amide bonds. The first-order valence-electron chi connectivity index (χ1n) is 7.96. The van der Waals surface area contributed by atoms with Crippen LogP contribution in [0.5, 0.6) is 5.75 Å². The van der Waals surface area contributed by atoms with Crippen LogP contribution < -0.4 is 15.4 Å². The zero-order valence-corrected chi connectivity index (χ0v) is 14.0. The quantitative estimate of drug-likeness (QED) is 0.603. The van der Waals surface area contributed by atoms with Crippen LogP contribution in [0.1, 0.15) is 29.8 Å². The number of anilines is 1. The van der Waals surface area contributed by atoms with Gasteiger partial charge in [-0.25, -0.2) is 4.79 Å². The average molecular weight is 326 g/mol. The van der Waals surface area contributed by atoms with Crippen LogP contribution in [0.4, 0.5) is 10.5 Å². The molecule has 0 atom stereocenters. The lowest BCUT2D eigenvalue weighted by Crippen LogP contribution is -2.32. The van der Waals surface area contributed by atoms with Crippen molar-refractivity contribution in [2.24, 2.45) is 0 Å². The third-order valence-corrected chi connectivity index (χ3v) is 3.55. The van der Waals surface area contributed by atoms with E-state index < -0.39 is 0 Å². The first-order chi connectivity index (χ1) is 11.6. The Labute approximate surface area is 142 Å². The number of nitrogens with one attached hydrogen (secondary N) is 2. The Morgan fingerprint density at radius 2 is 1.75 bits per heavy atom. The summed E-state index contributed by atoms with van der Waals surface area (Å²) in [5.74, 6) is 0.845. The fraction of sp³-hybridized carbons (Fsp3) is 0.263. The Bertz CT molecular complexity index is 696. The van der Waals surface area contributed by atoms with Crippen molar-refractivity contribution in [2.45, 2.75) is 20.3 Å². The number of ether oxygens (including phenoxy) is 1. The summed E-state index contributed by atoms with van der Waals surface area (Å²) in [5.41, 5.74) is 2.39. The van der Waals surface area contributed by atoms with Gasteiger partial charge in [-0.2, -0.15) is 0 Å². The molecule has 0 unspecified atom stereocenters. The molecule has 0 aliphatic carbocycles. The highest BCUT2D eigenvalue weighted by Crippen LogP contribution is 2.17. The second-order valence-electron chi connectivity index (χ2n) is 5.32. The standard InChI is InChI=1S/C19H22N2O3/c1-3-15-6-4-5-7-18(15)24-13-12-20-19(23)21-17-10-8-16(9-11-17)14(2)22/h4-11H,3,12-13H2,1-2H3,(H2,20,21,23). The number of rotatable bonds is 7. The molecule has 2 rings (SSSR count). The summed E-state index contributed by atoms with van der Waals surface area (Å²) in [5, 5.41) is 5.45. The molecular weight excluding hydrogens is 304 g/mol. The number of ketones is 1. The van der Waals surface area contributed by atoms with E-state index in [-0.39, 0.29) is 11.8 Å². The van der Waals surface area contributed by atoms with E-state index in [1.54, 1.807) is 24.3 Å². The molecule has 2 aromatic rings. The average Bonchev–Trinajstić information content (AvgIpc) is 2.59. The van der Waals surface area contributed by atoms with Gasteiger partial charge in [-0.05, 0) is 49.2 Å². The normalized spacial score (nSPS) is 10.1. The van der Waals surface area contributed by atoms with Crippen LogP contribution in [0.25, 0.3) is 0 Å². The van der Waals surface area contributed by atoms with Crippen LogP contribution in [0.3, 0.4) is 0 Å². The molecule has 0 spiro atoms. The molecule has 0 bridgehead atoms. The number of para-hydroxylation sites is 1. The van der Waals surface area contributed by atoms with Gasteiger partial charge in [0.15, 0.2) is 5.78 Å². The van der Waals surface area contributed by atoms with E-state index in [9.17, 15) is 9.59 Å². The van der Waals surface area contributed by atoms with Gasteiger partial charge >= 0.3 is 6.03 Å². The van der Waals surface area contributed by atoms with Crippen molar-refractivity contribution >= 4 is 17.5 Å². The molecule has 0 aliphatic heterocycles. The third-order valence-electron chi connectivity index (χ3n) is 3.55. The lowest BCUT2D eigenvalue weighted by atomic mass is 10.1. The van der Waals surface area contributed by atoms with Gasteiger partial charge < -0.3 is 15.4 Å². The van der Waals surface area contributed by atoms with Gasteiger partial charge in [0.2, 0.25) is 0 Å². The largest absolute Gasteiger partial charge is 0.491 e. The molecule has 0 aliphatic rings. The van der Waals surface area contributed by atoms with Crippen molar-refractivity contribution in [1.82, 2.24) is 5.32 Å². The van der Waals surface area contributed by atoms with Gasteiger partial charge in [-0.3, -0.25) is 4.79 Å². The van der Waals surface area contributed by atoms with Gasteiger partial charge in [0.25, 0.3) is 0 Å². The molecular formula is C19H22N2O3. The fourth-order valence-electron chi connectivity index (χ4n) is 2.23. The zero-order valence-electron chi connectivity index (χ0n) is 14.0. The minimum Gasteiger partial charge on any atom is -0.491 e. The predicted molar refractivity (Wildman–Crippen MR) is 94.8 cm³/mol. The summed E-state index contributed by atoms with van der Waals surface area (Å²) in [6.07, 6.45) is 0.903. The van der Waals surface area contributed by atoms with Crippen molar-refractivity contribution in [2.75, 3.05) is 18.5 Å². The minimum absolute atomic E-state index is 0.00416. The topological polar surface area (TPSA) is 67.4 Å². The van der Waals surface area contributed by atoms with Crippen LogP contribution in [-0.2, 0) is 6.42 Å². The highest BCUT2D eigenvalue weighted by Gasteiger charge is 2.04. The number of Topliss-reactive ketones (excluding diaryl/α,β-unsaturated/α-hetero) is 1. The predicted octanol–water partition coefficient (Wildman–Crippen LogP) is 3.65. The van der Waals surface area contributed by atoms with Crippen LogP contribution >= 0.6 is 0 Å². The van der Waals surface area contributed by atoms with E-state index in [0.717, 1.165) is 17.7 Å². The smallest absolute Gasteiger partial charge is 0.319 e. The van der Waals surface area contributed by atoms with Gasteiger partial charge in [-0.1, -0.05) is 25.1 Å². The zero-order chi connectivity index (χ0) is 17.4. The monoisotopic (exact) mass is 326 g/mol. The van der Waals surface area contributed by atoms with E-state index in [0.29, 0.717) is 24.4 Å². The second-order valence-corrected chi connectivity index (χ2v) is 5.32. The molecule has 24 heavy (non-hydrogen) atoms. The first-order valence-corrected chi connectivity index (χ1v) is 7.96. The highest BCUT2D eigenvalue weighted by atomic mass is 16.5. The van der Waals surface area contributed by atoms with Crippen LogP contribution in [-0.4, -0.2) is 25.0 Å². The molecule has 0 heterocycles. The molecule has 5 nitrogen and oxygen atoms in total. The van der Waals surface area contributed by atoms with Gasteiger partial charge in [0.05, 0.1) is 6.54 Å². The molecule has 126 valence electrons. The third kappa shape index (κ3) is 5.12. The Morgan fingerprint density at radius 3 is 2.42 bits per heavy atom. The summed E-state index contributed by atoms with van der Waals surface area (Å²) in [6.45, 7) is 4.38. The summed E-state index contributed by atoms with van der Waals surface area (Å²) >= 11 is 0. The SMILES string of the molecule is CCc1ccccc1OCCNC(=O)Nc1ccc(C(C)=O)cc1. The highest BCUT2D eigenvalue weighted by molar-refractivity contribution is 5.95. The van der Waals surface area contributed by atoms with Gasteiger partial charge in [0.1, 0.15) is 12.4 Å². The number of urea groups is 1. The summed E-state index contributed by atoms with van der Waals surface area (Å²) in [6, 6.07) is 14.3. The van der Waals surface area contributed by atoms with E-state index in [4.69, 9.17) is 4.74 Å². The molecule has 0 radical (unpaired) electrons. The maximum atomic E-state index is 11.8. The minimum atomic E-state index is -0.307. The maximum Gasteiger partial charge on any atom is 0.319 e. The molecule has 5 heteroatoms. The van der Waals surface area contributed by atoms with Crippen molar-refractivity contribution in [3.05, 3.63) is 59.7 Å². The van der Waals surface area contributed by atoms with Crippen LogP contribution in [0, 0.1) is 0 Å². The number of hydrogen-bond donors (Lipinski definition) is 2. The maximum absolute atomic E-state index is 11.8. The van der Waals surface area contributed by atoms with Crippen molar-refractivity contribution in [1.29, 1.82) is 0 Å². The summed E-state index contributed by atoms with van der Waals surface area (Å²) < 4.78 is 5.69. The van der Waals surface area contributed by atoms with E-state index in [2.05, 4.69) is 17.6 Å². The van der Waals surface area contributed by atoms with Crippen LogP contribution in [0.15, 0.2) is 48.5 Å². The Hall–Kier alpha value is -2.82. The van der Waals surface area contributed by atoms with E-state index in [1.165, 1.54) is 6.92 Å². The van der Waals surface area contributed by atoms with Crippen molar-refractivity contribution in [3.8, 4) is 5.75 Å². The number of amides is 2. The number of benzene rings is 2. The molecule has 0 saturated heterocycles. The van der Waals surface area contributed by atoms with E-state index in [1.807, 2.05) is 24.3 Å². The number of hydrogen-bond acceptors (Lipinski definition) is 3. The molecule has 0 aromatic heterocycles. The summed E-state index contributed by atoms with van der Waals surface area (Å²) in [7, 11) is 0. The molecule has 2 N–H and O–H groups in total.